The van der Waals surface area contributed by atoms with Crippen LogP contribution in [0.15, 0.2) is 6.07 Å². The van der Waals surface area contributed by atoms with Gasteiger partial charge in [-0.05, 0) is 25.5 Å². The van der Waals surface area contributed by atoms with Crippen LogP contribution in [0.4, 0.5) is 0 Å². The van der Waals surface area contributed by atoms with Crippen molar-refractivity contribution >= 4 is 11.3 Å². The molecule has 1 N–H and O–H groups in total. The minimum absolute atomic E-state index is 0.583. The van der Waals surface area contributed by atoms with Gasteiger partial charge in [-0.25, -0.2) is 0 Å². The fraction of sp³-hybridized carbons (Fsp3) is 0.500. The first-order valence-electron chi connectivity index (χ1n) is 3.60. The maximum Gasteiger partial charge on any atom is 0.0308 e. The van der Waals surface area contributed by atoms with Gasteiger partial charge in [0, 0.05) is 22.3 Å². The average molecular weight is 153 g/mol. The number of hydrogen-bond donors (Lipinski definition) is 1. The highest BCUT2D eigenvalue weighted by Crippen LogP contribution is 2.31. The Bertz CT molecular complexity index is 252. The van der Waals surface area contributed by atoms with Crippen LogP contribution in [0.3, 0.4) is 0 Å². The zero-order valence-corrected chi connectivity index (χ0v) is 7.09. The molecule has 2 rings (SSSR count). The summed E-state index contributed by atoms with van der Waals surface area (Å²) in [7, 11) is 0. The molecule has 0 aliphatic carbocycles. The Balaban J connectivity index is 2.49. The van der Waals surface area contributed by atoms with Gasteiger partial charge in [0.2, 0.25) is 0 Å². The minimum atomic E-state index is 0.583. The van der Waals surface area contributed by atoms with Crippen LogP contribution in [0.5, 0.6) is 0 Å². The molecule has 0 aromatic carbocycles. The molecule has 2 heterocycles. The SMILES string of the molecule is Cc1cc2c(s1)CNC2C. The maximum atomic E-state index is 3.40. The average Bonchev–Trinajstić information content (AvgIpc) is 2.35. The van der Waals surface area contributed by atoms with Crippen molar-refractivity contribution in [2.45, 2.75) is 26.4 Å². The van der Waals surface area contributed by atoms with Crippen LogP contribution in [0.2, 0.25) is 0 Å². The van der Waals surface area contributed by atoms with E-state index in [-0.39, 0.29) is 0 Å². The molecule has 1 aliphatic rings. The monoisotopic (exact) mass is 153 g/mol. The van der Waals surface area contributed by atoms with E-state index in [1.165, 1.54) is 15.3 Å². The highest BCUT2D eigenvalue weighted by molar-refractivity contribution is 7.12. The first-order valence-corrected chi connectivity index (χ1v) is 4.41. The van der Waals surface area contributed by atoms with Crippen molar-refractivity contribution in [1.29, 1.82) is 0 Å². The van der Waals surface area contributed by atoms with Gasteiger partial charge in [-0.3, -0.25) is 0 Å². The van der Waals surface area contributed by atoms with E-state index in [1.54, 1.807) is 0 Å². The molecule has 1 aromatic heterocycles. The fourth-order valence-electron chi connectivity index (χ4n) is 1.44. The van der Waals surface area contributed by atoms with Gasteiger partial charge in [0.15, 0.2) is 0 Å². The summed E-state index contributed by atoms with van der Waals surface area (Å²) in [6.07, 6.45) is 0. The van der Waals surface area contributed by atoms with Crippen molar-refractivity contribution in [3.63, 3.8) is 0 Å². The van der Waals surface area contributed by atoms with Gasteiger partial charge in [0.1, 0.15) is 0 Å². The van der Waals surface area contributed by atoms with Crippen molar-refractivity contribution < 1.29 is 0 Å². The third-order valence-electron chi connectivity index (χ3n) is 2.00. The Kier molecular flexibility index (Phi) is 1.32. The number of rotatable bonds is 0. The van der Waals surface area contributed by atoms with E-state index < -0.39 is 0 Å². The molecule has 0 fully saturated rings. The van der Waals surface area contributed by atoms with Gasteiger partial charge in [0.25, 0.3) is 0 Å². The van der Waals surface area contributed by atoms with Crippen molar-refractivity contribution in [2.24, 2.45) is 0 Å². The topological polar surface area (TPSA) is 12.0 Å². The molecule has 10 heavy (non-hydrogen) atoms. The van der Waals surface area contributed by atoms with Gasteiger partial charge >= 0.3 is 0 Å². The molecule has 1 nitrogen and oxygen atoms in total. The van der Waals surface area contributed by atoms with Gasteiger partial charge in [-0.15, -0.1) is 11.3 Å². The second kappa shape index (κ2) is 2.07. The summed E-state index contributed by atoms with van der Waals surface area (Å²) in [6, 6.07) is 2.88. The summed E-state index contributed by atoms with van der Waals surface area (Å²) < 4.78 is 0. The van der Waals surface area contributed by atoms with E-state index in [2.05, 4.69) is 25.2 Å². The second-order valence-electron chi connectivity index (χ2n) is 2.84. The van der Waals surface area contributed by atoms with Crippen LogP contribution in [-0.4, -0.2) is 0 Å². The lowest BCUT2D eigenvalue weighted by Crippen LogP contribution is -2.07. The third-order valence-corrected chi connectivity index (χ3v) is 3.07. The van der Waals surface area contributed by atoms with E-state index >= 15 is 0 Å². The smallest absolute Gasteiger partial charge is 0.0308 e. The molecule has 0 bridgehead atoms. The second-order valence-corrected chi connectivity index (χ2v) is 4.18. The third kappa shape index (κ3) is 0.796. The Labute approximate surface area is 65.1 Å². The molecule has 1 unspecified atom stereocenters. The molecule has 54 valence electrons. The highest BCUT2D eigenvalue weighted by atomic mass is 32.1. The molecule has 1 atom stereocenters. The van der Waals surface area contributed by atoms with Crippen LogP contribution < -0.4 is 5.32 Å². The van der Waals surface area contributed by atoms with Crippen LogP contribution in [0.25, 0.3) is 0 Å². The Morgan fingerprint density at radius 2 is 2.50 bits per heavy atom. The first-order chi connectivity index (χ1) is 4.77. The summed E-state index contributed by atoms with van der Waals surface area (Å²) in [5.41, 5.74) is 1.52. The summed E-state index contributed by atoms with van der Waals surface area (Å²) >= 11 is 1.92. The predicted molar refractivity (Wildman–Crippen MR) is 44.3 cm³/mol. The molecule has 2 heteroatoms. The predicted octanol–water partition coefficient (Wildman–Crippen LogP) is 2.22. The summed E-state index contributed by atoms with van der Waals surface area (Å²) in [6.45, 7) is 5.47. The van der Waals surface area contributed by atoms with Crippen molar-refractivity contribution in [2.75, 3.05) is 0 Å². The number of aryl methyl sites for hydroxylation is 1. The minimum Gasteiger partial charge on any atom is -0.305 e. The summed E-state index contributed by atoms with van der Waals surface area (Å²) in [4.78, 5) is 2.98. The van der Waals surface area contributed by atoms with Crippen LogP contribution in [-0.2, 0) is 6.54 Å². The standard InChI is InChI=1S/C8H11NS/c1-5-3-7-6(2)9-4-8(7)10-5/h3,6,9H,4H2,1-2H3. The Hall–Kier alpha value is -0.340. The molecule has 0 amide bonds. The molecule has 1 aliphatic heterocycles. The normalized spacial score (nSPS) is 23.2. The van der Waals surface area contributed by atoms with Gasteiger partial charge in [-0.1, -0.05) is 0 Å². The molecule has 0 saturated heterocycles. The maximum absolute atomic E-state index is 3.40. The molecule has 0 spiro atoms. The number of nitrogens with one attached hydrogen (secondary N) is 1. The molecule has 0 saturated carbocycles. The Morgan fingerprint density at radius 3 is 3.20 bits per heavy atom. The highest BCUT2D eigenvalue weighted by Gasteiger charge is 2.19. The quantitative estimate of drug-likeness (QED) is 0.602. The van der Waals surface area contributed by atoms with Crippen molar-refractivity contribution in [3.05, 3.63) is 21.4 Å². The van der Waals surface area contributed by atoms with Gasteiger partial charge < -0.3 is 5.32 Å². The van der Waals surface area contributed by atoms with Crippen LogP contribution in [0.1, 0.15) is 28.3 Å². The van der Waals surface area contributed by atoms with Gasteiger partial charge in [0.05, 0.1) is 0 Å². The van der Waals surface area contributed by atoms with E-state index in [0.717, 1.165) is 6.54 Å². The van der Waals surface area contributed by atoms with E-state index in [9.17, 15) is 0 Å². The zero-order valence-electron chi connectivity index (χ0n) is 6.27. The lowest BCUT2D eigenvalue weighted by Gasteiger charge is -1.99. The lowest BCUT2D eigenvalue weighted by molar-refractivity contribution is 0.634. The lowest BCUT2D eigenvalue weighted by atomic mass is 10.2. The largest absolute Gasteiger partial charge is 0.305 e. The first kappa shape index (κ1) is 6.38. The molecular weight excluding hydrogens is 142 g/mol. The molecule has 0 radical (unpaired) electrons. The van der Waals surface area contributed by atoms with Crippen molar-refractivity contribution in [3.8, 4) is 0 Å². The van der Waals surface area contributed by atoms with E-state index in [4.69, 9.17) is 0 Å². The zero-order chi connectivity index (χ0) is 7.14. The molecule has 1 aromatic rings. The van der Waals surface area contributed by atoms with E-state index in [0.29, 0.717) is 6.04 Å². The number of hydrogen-bond acceptors (Lipinski definition) is 2. The Morgan fingerprint density at radius 1 is 1.70 bits per heavy atom. The summed E-state index contributed by atoms with van der Waals surface area (Å²) in [5.74, 6) is 0. The van der Waals surface area contributed by atoms with E-state index in [1.807, 2.05) is 11.3 Å². The summed E-state index contributed by atoms with van der Waals surface area (Å²) in [5, 5.41) is 3.40. The van der Waals surface area contributed by atoms with Crippen LogP contribution in [0, 0.1) is 6.92 Å². The van der Waals surface area contributed by atoms with Gasteiger partial charge in [-0.2, -0.15) is 0 Å². The molecular formula is C8H11NS. The van der Waals surface area contributed by atoms with Crippen LogP contribution >= 0.6 is 11.3 Å². The van der Waals surface area contributed by atoms with Crippen molar-refractivity contribution in [1.82, 2.24) is 5.32 Å². The number of fused-ring (bicyclic) bond motifs is 1. The number of thiophene rings is 1. The fourth-order valence-corrected chi connectivity index (χ4v) is 2.53.